The molecule has 0 saturated heterocycles. The van der Waals surface area contributed by atoms with Crippen LogP contribution in [0.4, 0.5) is 13.2 Å². The summed E-state index contributed by atoms with van der Waals surface area (Å²) in [7, 11) is 4.87. The minimum Gasteiger partial charge on any atom is -0.496 e. The molecular formula is C14H20F3N3O. The summed E-state index contributed by atoms with van der Waals surface area (Å²) in [5.74, 6) is 1.14. The summed E-state index contributed by atoms with van der Waals surface area (Å²) in [6.45, 7) is 0.280. The Morgan fingerprint density at radius 3 is 2.57 bits per heavy atom. The smallest absolute Gasteiger partial charge is 0.390 e. The Morgan fingerprint density at radius 2 is 2.00 bits per heavy atom. The van der Waals surface area contributed by atoms with Crippen molar-refractivity contribution in [2.45, 2.75) is 19.1 Å². The fourth-order valence-corrected chi connectivity index (χ4v) is 1.86. The molecule has 0 heterocycles. The molecule has 1 aromatic carbocycles. The van der Waals surface area contributed by atoms with E-state index in [2.05, 4.69) is 10.3 Å². The van der Waals surface area contributed by atoms with Crippen LogP contribution in [0.1, 0.15) is 12.0 Å². The average Bonchev–Trinajstić information content (AvgIpc) is 2.43. The van der Waals surface area contributed by atoms with Crippen LogP contribution in [0, 0.1) is 0 Å². The predicted molar refractivity (Wildman–Crippen MR) is 76.5 cm³/mol. The third-order valence-corrected chi connectivity index (χ3v) is 2.86. The number of para-hydroxylation sites is 1. The number of rotatable bonds is 5. The number of nitrogens with zero attached hydrogens (tertiary/aromatic N) is 2. The summed E-state index contributed by atoms with van der Waals surface area (Å²) in [4.78, 5) is 5.73. The maximum atomic E-state index is 12.1. The number of hydrogen-bond donors (Lipinski definition) is 1. The van der Waals surface area contributed by atoms with Crippen molar-refractivity contribution in [2.75, 3.05) is 27.7 Å². The normalized spacial score (nSPS) is 12.2. The van der Waals surface area contributed by atoms with E-state index in [1.165, 1.54) is 7.05 Å². The molecule has 0 radical (unpaired) electrons. The SMILES string of the molecule is CN=C(NCCC(F)(F)F)N(C)Cc1ccccc1OC. The summed E-state index contributed by atoms with van der Waals surface area (Å²) < 4.78 is 41.7. The van der Waals surface area contributed by atoms with Crippen LogP contribution in [0.15, 0.2) is 29.3 Å². The van der Waals surface area contributed by atoms with E-state index >= 15 is 0 Å². The highest BCUT2D eigenvalue weighted by molar-refractivity contribution is 5.79. The summed E-state index contributed by atoms with van der Waals surface area (Å²) >= 11 is 0. The van der Waals surface area contributed by atoms with E-state index in [0.717, 1.165) is 11.3 Å². The first kappa shape index (κ1) is 17.1. The zero-order valence-electron chi connectivity index (χ0n) is 12.4. The highest BCUT2D eigenvalue weighted by Gasteiger charge is 2.26. The zero-order valence-corrected chi connectivity index (χ0v) is 12.4. The van der Waals surface area contributed by atoms with E-state index in [0.29, 0.717) is 12.5 Å². The van der Waals surface area contributed by atoms with Crippen LogP contribution in [-0.2, 0) is 6.54 Å². The topological polar surface area (TPSA) is 36.9 Å². The largest absolute Gasteiger partial charge is 0.496 e. The molecule has 0 aliphatic heterocycles. The first-order chi connectivity index (χ1) is 9.87. The minimum atomic E-state index is -4.17. The lowest BCUT2D eigenvalue weighted by molar-refractivity contribution is -0.132. The van der Waals surface area contributed by atoms with Gasteiger partial charge in [-0.25, -0.2) is 0 Å². The van der Waals surface area contributed by atoms with Gasteiger partial charge in [0.15, 0.2) is 5.96 Å². The highest BCUT2D eigenvalue weighted by Crippen LogP contribution is 2.19. The molecule has 0 atom stereocenters. The fraction of sp³-hybridized carbons (Fsp3) is 0.500. The van der Waals surface area contributed by atoms with Crippen molar-refractivity contribution in [3.8, 4) is 5.75 Å². The Balaban J connectivity index is 2.61. The van der Waals surface area contributed by atoms with Crippen LogP contribution in [0.5, 0.6) is 5.75 Å². The van der Waals surface area contributed by atoms with E-state index < -0.39 is 12.6 Å². The van der Waals surface area contributed by atoms with Crippen molar-refractivity contribution < 1.29 is 17.9 Å². The molecule has 7 heteroatoms. The van der Waals surface area contributed by atoms with Crippen LogP contribution < -0.4 is 10.1 Å². The first-order valence-electron chi connectivity index (χ1n) is 6.48. The molecule has 0 aliphatic rings. The van der Waals surface area contributed by atoms with Crippen molar-refractivity contribution in [2.24, 2.45) is 4.99 Å². The van der Waals surface area contributed by atoms with Crippen molar-refractivity contribution in [3.05, 3.63) is 29.8 Å². The van der Waals surface area contributed by atoms with Crippen molar-refractivity contribution in [3.63, 3.8) is 0 Å². The van der Waals surface area contributed by atoms with Gasteiger partial charge in [0.1, 0.15) is 5.75 Å². The molecule has 118 valence electrons. The molecule has 0 spiro atoms. The molecular weight excluding hydrogens is 283 g/mol. The van der Waals surface area contributed by atoms with Crippen molar-refractivity contribution in [1.29, 1.82) is 0 Å². The van der Waals surface area contributed by atoms with Crippen LogP contribution in [-0.4, -0.2) is 44.8 Å². The van der Waals surface area contributed by atoms with Gasteiger partial charge in [0.25, 0.3) is 0 Å². The van der Waals surface area contributed by atoms with Gasteiger partial charge < -0.3 is 15.0 Å². The quantitative estimate of drug-likeness (QED) is 0.671. The van der Waals surface area contributed by atoms with E-state index in [-0.39, 0.29) is 6.54 Å². The molecule has 0 unspecified atom stereocenters. The van der Waals surface area contributed by atoms with Gasteiger partial charge in [0.2, 0.25) is 0 Å². The van der Waals surface area contributed by atoms with E-state index in [1.807, 2.05) is 24.3 Å². The third kappa shape index (κ3) is 5.93. The molecule has 0 aliphatic carbocycles. The molecule has 0 fully saturated rings. The molecule has 0 aromatic heterocycles. The molecule has 0 bridgehead atoms. The molecule has 21 heavy (non-hydrogen) atoms. The molecule has 1 aromatic rings. The maximum absolute atomic E-state index is 12.1. The third-order valence-electron chi connectivity index (χ3n) is 2.86. The number of alkyl halides is 3. The monoisotopic (exact) mass is 303 g/mol. The van der Waals surface area contributed by atoms with Crippen LogP contribution >= 0.6 is 0 Å². The Kier molecular flexibility index (Phi) is 6.33. The van der Waals surface area contributed by atoms with Crippen molar-refractivity contribution in [1.82, 2.24) is 10.2 Å². The summed E-state index contributed by atoms with van der Waals surface area (Å²) in [6, 6.07) is 7.48. The Labute approximate surface area is 122 Å². The number of benzene rings is 1. The standard InChI is InChI=1S/C14H20F3N3O/c1-18-13(19-9-8-14(15,16)17)20(2)10-11-6-4-5-7-12(11)21-3/h4-7H,8-10H2,1-3H3,(H,18,19). The molecule has 0 saturated carbocycles. The van der Waals surface area contributed by atoms with Crippen molar-refractivity contribution >= 4 is 5.96 Å². The van der Waals surface area contributed by atoms with Gasteiger partial charge in [-0.1, -0.05) is 18.2 Å². The molecule has 4 nitrogen and oxygen atoms in total. The average molecular weight is 303 g/mol. The second-order valence-electron chi connectivity index (χ2n) is 4.51. The number of hydrogen-bond acceptors (Lipinski definition) is 2. The first-order valence-corrected chi connectivity index (χ1v) is 6.48. The van der Waals surface area contributed by atoms with Gasteiger partial charge in [-0.3, -0.25) is 4.99 Å². The second-order valence-corrected chi connectivity index (χ2v) is 4.51. The summed E-state index contributed by atoms with van der Waals surface area (Å²) in [5.41, 5.74) is 0.932. The van der Waals surface area contributed by atoms with E-state index in [4.69, 9.17) is 4.74 Å². The fourth-order valence-electron chi connectivity index (χ4n) is 1.86. The lowest BCUT2D eigenvalue weighted by atomic mass is 10.2. The molecule has 0 amide bonds. The lowest BCUT2D eigenvalue weighted by Crippen LogP contribution is -2.39. The van der Waals surface area contributed by atoms with Gasteiger partial charge in [-0.2, -0.15) is 13.2 Å². The van der Waals surface area contributed by atoms with Crippen LogP contribution in [0.25, 0.3) is 0 Å². The number of methoxy groups -OCH3 is 1. The number of guanidine groups is 1. The lowest BCUT2D eigenvalue weighted by Gasteiger charge is -2.23. The van der Waals surface area contributed by atoms with Gasteiger partial charge in [0, 0.05) is 32.7 Å². The molecule has 1 rings (SSSR count). The van der Waals surface area contributed by atoms with E-state index in [1.54, 1.807) is 19.1 Å². The zero-order chi connectivity index (χ0) is 15.9. The van der Waals surface area contributed by atoms with Gasteiger partial charge in [0.05, 0.1) is 13.5 Å². The summed E-state index contributed by atoms with van der Waals surface area (Å²) in [6.07, 6.45) is -5.07. The highest BCUT2D eigenvalue weighted by atomic mass is 19.4. The van der Waals surface area contributed by atoms with Gasteiger partial charge in [-0.15, -0.1) is 0 Å². The predicted octanol–water partition coefficient (Wildman–Crippen LogP) is 2.65. The molecule has 1 N–H and O–H groups in total. The summed E-state index contributed by atoms with van der Waals surface area (Å²) in [5, 5.41) is 2.70. The number of nitrogens with one attached hydrogen (secondary N) is 1. The maximum Gasteiger partial charge on any atom is 0.390 e. The van der Waals surface area contributed by atoms with Gasteiger partial charge in [-0.05, 0) is 6.07 Å². The Hall–Kier alpha value is -1.92. The Morgan fingerprint density at radius 1 is 1.33 bits per heavy atom. The Bertz CT molecular complexity index is 475. The number of ether oxygens (including phenoxy) is 1. The van der Waals surface area contributed by atoms with Crippen LogP contribution in [0.3, 0.4) is 0 Å². The minimum absolute atomic E-state index is 0.202. The van der Waals surface area contributed by atoms with E-state index in [9.17, 15) is 13.2 Å². The van der Waals surface area contributed by atoms with Gasteiger partial charge >= 0.3 is 6.18 Å². The second kappa shape index (κ2) is 7.75. The number of aliphatic imine (C=N–C) groups is 1. The number of halogens is 3. The van der Waals surface area contributed by atoms with Crippen LogP contribution in [0.2, 0.25) is 0 Å².